The molecule has 0 heterocycles. The van der Waals surface area contributed by atoms with Gasteiger partial charge in [0.1, 0.15) is 31.4 Å². The first-order chi connectivity index (χ1) is 13.8. The maximum Gasteiger partial charge on any atom is 0.242 e. The Morgan fingerprint density at radius 3 is 2.52 bits per heavy atom. The van der Waals surface area contributed by atoms with E-state index in [4.69, 9.17) is 14.1 Å². The van der Waals surface area contributed by atoms with E-state index in [9.17, 15) is 0 Å². The molecule has 0 spiro atoms. The van der Waals surface area contributed by atoms with E-state index in [1.807, 2.05) is 0 Å². The van der Waals surface area contributed by atoms with Crippen LogP contribution in [-0.4, -0.2) is 34.0 Å². The van der Waals surface area contributed by atoms with Gasteiger partial charge in [0.15, 0.2) is 0 Å². The summed E-state index contributed by atoms with van der Waals surface area (Å²) in [4.78, 5) is 10.3. The van der Waals surface area contributed by atoms with Gasteiger partial charge in [-0.25, -0.2) is 0 Å². The number of hydrogen-bond donors (Lipinski definition) is 0. The molecule has 0 radical (unpaired) electrons. The molecule has 5 nitrogen and oxygen atoms in total. The zero-order chi connectivity index (χ0) is 20.8. The summed E-state index contributed by atoms with van der Waals surface area (Å²) < 4.78 is 6.25. The lowest BCUT2D eigenvalue weighted by atomic mass is 9.55. The Bertz CT molecular complexity index is 845. The Labute approximate surface area is 175 Å². The summed E-state index contributed by atoms with van der Waals surface area (Å²) in [5, 5.41) is 8.71. The summed E-state index contributed by atoms with van der Waals surface area (Å²) in [6.45, 7) is 9.07. The van der Waals surface area contributed by atoms with Crippen LogP contribution in [0.15, 0.2) is 28.5 Å². The SMILES string of the molecule is CO/N=C1\C(=N\OC)CC2C3CCc4cc(O[Si](C)(C)C)ccc4C3CCC12C. The summed E-state index contributed by atoms with van der Waals surface area (Å²) in [5.74, 6) is 2.85. The molecule has 0 aliphatic heterocycles. The van der Waals surface area contributed by atoms with E-state index < -0.39 is 8.32 Å². The molecule has 0 aromatic heterocycles. The highest BCUT2D eigenvalue weighted by atomic mass is 28.4. The minimum Gasteiger partial charge on any atom is -0.544 e. The van der Waals surface area contributed by atoms with E-state index in [1.165, 1.54) is 24.0 Å². The number of nitrogens with zero attached hydrogens (tertiary/aromatic N) is 2. The molecule has 158 valence electrons. The van der Waals surface area contributed by atoms with Crippen LogP contribution in [0.1, 0.15) is 49.7 Å². The van der Waals surface area contributed by atoms with Crippen LogP contribution >= 0.6 is 0 Å². The standard InChI is InChI=1S/C23H34N2O3Si/c1-23-12-11-18-17-10-8-16(28-29(4,5)6)13-15(17)7-9-19(18)20(23)14-21(24-26-2)22(23)25-27-3/h8,10,13,18-20H,7,9,11-12,14H2,1-6H3/b24-21+,25-22+. The maximum absolute atomic E-state index is 6.25. The van der Waals surface area contributed by atoms with Crippen LogP contribution in [0.4, 0.5) is 0 Å². The van der Waals surface area contributed by atoms with Crippen molar-refractivity contribution in [3.8, 4) is 5.75 Å². The second-order valence-corrected chi connectivity index (χ2v) is 14.4. The van der Waals surface area contributed by atoms with Crippen molar-refractivity contribution in [3.63, 3.8) is 0 Å². The van der Waals surface area contributed by atoms with Crippen molar-refractivity contribution in [2.75, 3.05) is 14.2 Å². The van der Waals surface area contributed by atoms with Crippen molar-refractivity contribution < 1.29 is 14.1 Å². The molecule has 6 heteroatoms. The second-order valence-electron chi connectivity index (χ2n) is 9.99. The third-order valence-electron chi connectivity index (χ3n) is 7.12. The molecule has 3 aliphatic rings. The highest BCUT2D eigenvalue weighted by Crippen LogP contribution is 2.59. The smallest absolute Gasteiger partial charge is 0.242 e. The Balaban J connectivity index is 1.64. The Hall–Kier alpha value is -1.82. The number of aryl methyl sites for hydroxylation is 1. The lowest BCUT2D eigenvalue weighted by Crippen LogP contribution is -2.42. The highest BCUT2D eigenvalue weighted by Gasteiger charge is 2.56. The average molecular weight is 415 g/mol. The molecule has 4 unspecified atom stereocenters. The monoisotopic (exact) mass is 414 g/mol. The maximum atomic E-state index is 6.25. The summed E-state index contributed by atoms with van der Waals surface area (Å²) in [7, 11) is 1.65. The third-order valence-corrected chi connectivity index (χ3v) is 7.97. The van der Waals surface area contributed by atoms with E-state index in [2.05, 4.69) is 55.1 Å². The minimum absolute atomic E-state index is 0.0208. The first kappa shape index (κ1) is 20.4. The Morgan fingerprint density at radius 2 is 1.83 bits per heavy atom. The van der Waals surface area contributed by atoms with E-state index in [0.717, 1.165) is 36.4 Å². The van der Waals surface area contributed by atoms with Crippen molar-refractivity contribution in [2.24, 2.45) is 27.6 Å². The van der Waals surface area contributed by atoms with Crippen LogP contribution in [0.25, 0.3) is 0 Å². The molecule has 1 aromatic rings. The number of rotatable bonds is 4. The first-order valence-electron chi connectivity index (χ1n) is 10.8. The van der Waals surface area contributed by atoms with Gasteiger partial charge in [-0.05, 0) is 92.8 Å². The molecular formula is C23H34N2O3Si. The molecule has 1 aromatic carbocycles. The fourth-order valence-electron chi connectivity index (χ4n) is 6.04. The van der Waals surface area contributed by atoms with Crippen molar-refractivity contribution in [1.82, 2.24) is 0 Å². The van der Waals surface area contributed by atoms with Gasteiger partial charge < -0.3 is 14.1 Å². The molecule has 0 N–H and O–H groups in total. The molecule has 0 amide bonds. The van der Waals surface area contributed by atoms with Gasteiger partial charge in [0.2, 0.25) is 8.32 Å². The second kappa shape index (κ2) is 7.46. The predicted octanol–water partition coefficient (Wildman–Crippen LogP) is 5.37. The first-order valence-corrected chi connectivity index (χ1v) is 14.2. The van der Waals surface area contributed by atoms with E-state index in [0.29, 0.717) is 17.8 Å². The van der Waals surface area contributed by atoms with Gasteiger partial charge in [-0.2, -0.15) is 0 Å². The number of benzene rings is 1. The molecular weight excluding hydrogens is 380 g/mol. The topological polar surface area (TPSA) is 52.4 Å². The van der Waals surface area contributed by atoms with Crippen LogP contribution in [0.3, 0.4) is 0 Å². The van der Waals surface area contributed by atoms with Crippen LogP contribution < -0.4 is 4.43 Å². The van der Waals surface area contributed by atoms with E-state index >= 15 is 0 Å². The predicted molar refractivity (Wildman–Crippen MR) is 119 cm³/mol. The quantitative estimate of drug-likeness (QED) is 0.491. The summed E-state index contributed by atoms with van der Waals surface area (Å²) in [5.41, 5.74) is 5.00. The van der Waals surface area contributed by atoms with Crippen molar-refractivity contribution in [1.29, 1.82) is 0 Å². The van der Waals surface area contributed by atoms with E-state index in [-0.39, 0.29) is 5.41 Å². The fourth-order valence-corrected chi connectivity index (χ4v) is 6.87. The van der Waals surface area contributed by atoms with Crippen LogP contribution in [-0.2, 0) is 16.1 Å². The molecule has 0 saturated heterocycles. The van der Waals surface area contributed by atoms with Gasteiger partial charge in [-0.1, -0.05) is 23.3 Å². The van der Waals surface area contributed by atoms with Crippen molar-refractivity contribution in [2.45, 2.75) is 64.6 Å². The van der Waals surface area contributed by atoms with Gasteiger partial charge in [0, 0.05) is 5.41 Å². The normalized spacial score (nSPS) is 33.8. The molecule has 4 atom stereocenters. The molecule has 3 aliphatic carbocycles. The zero-order valence-corrected chi connectivity index (χ0v) is 19.6. The van der Waals surface area contributed by atoms with Gasteiger partial charge in [0.25, 0.3) is 0 Å². The molecule has 4 rings (SSSR count). The molecule has 0 bridgehead atoms. The number of fused-ring (bicyclic) bond motifs is 5. The minimum atomic E-state index is -1.59. The summed E-state index contributed by atoms with van der Waals surface area (Å²) in [6, 6.07) is 6.84. The van der Waals surface area contributed by atoms with Crippen LogP contribution in [0.2, 0.25) is 19.6 Å². The number of hydrogen-bond acceptors (Lipinski definition) is 5. The Morgan fingerprint density at radius 1 is 1.07 bits per heavy atom. The zero-order valence-electron chi connectivity index (χ0n) is 18.6. The van der Waals surface area contributed by atoms with Crippen molar-refractivity contribution in [3.05, 3.63) is 29.3 Å². The molecule has 2 saturated carbocycles. The highest BCUT2D eigenvalue weighted by molar-refractivity contribution is 6.70. The third kappa shape index (κ3) is 3.60. The number of oxime groups is 2. The largest absolute Gasteiger partial charge is 0.544 e. The van der Waals surface area contributed by atoms with Gasteiger partial charge >= 0.3 is 0 Å². The average Bonchev–Trinajstić information content (AvgIpc) is 2.93. The van der Waals surface area contributed by atoms with Crippen LogP contribution in [0.5, 0.6) is 5.75 Å². The summed E-state index contributed by atoms with van der Waals surface area (Å²) in [6.07, 6.45) is 5.56. The van der Waals surface area contributed by atoms with Gasteiger partial charge in [-0.3, -0.25) is 0 Å². The van der Waals surface area contributed by atoms with Gasteiger partial charge in [0.05, 0.1) is 0 Å². The summed E-state index contributed by atoms with van der Waals surface area (Å²) >= 11 is 0. The lowest BCUT2D eigenvalue weighted by Gasteiger charge is -2.48. The Kier molecular flexibility index (Phi) is 5.26. The van der Waals surface area contributed by atoms with Gasteiger partial charge in [-0.15, -0.1) is 0 Å². The van der Waals surface area contributed by atoms with Crippen LogP contribution in [0, 0.1) is 17.3 Å². The fraction of sp³-hybridized carbons (Fsp3) is 0.652. The molecule has 2 fully saturated rings. The molecule has 29 heavy (non-hydrogen) atoms. The van der Waals surface area contributed by atoms with Crippen molar-refractivity contribution >= 4 is 19.7 Å². The van der Waals surface area contributed by atoms with E-state index in [1.54, 1.807) is 14.2 Å². The lowest BCUT2D eigenvalue weighted by molar-refractivity contribution is 0.0945.